The molecule has 1 aromatic carbocycles. The molecule has 0 heterocycles. The molecule has 98 valence electrons. The first-order chi connectivity index (χ1) is 8.45. The molecule has 1 unspecified atom stereocenters. The van der Waals surface area contributed by atoms with Crippen LogP contribution in [0.4, 0.5) is 5.69 Å². The molecule has 0 spiro atoms. The van der Waals surface area contributed by atoms with Crippen molar-refractivity contribution < 1.29 is 4.79 Å². The lowest BCUT2D eigenvalue weighted by molar-refractivity contribution is 0.0946. The minimum Gasteiger partial charge on any atom is -0.392 e. The lowest BCUT2D eigenvalue weighted by Gasteiger charge is -2.17. The van der Waals surface area contributed by atoms with Crippen LogP contribution in [0, 0.1) is 0 Å². The first-order valence-electron chi connectivity index (χ1n) is 5.83. The second-order valence-electron chi connectivity index (χ2n) is 4.28. The molecule has 0 bridgehead atoms. The molecule has 0 aromatic heterocycles. The highest BCUT2D eigenvalue weighted by atomic mass is 32.1. The minimum absolute atomic E-state index is 0.154. The van der Waals surface area contributed by atoms with Crippen LogP contribution in [0.1, 0.15) is 23.7 Å². The highest BCUT2D eigenvalue weighted by Gasteiger charge is 2.14. The third kappa shape index (κ3) is 3.70. The van der Waals surface area contributed by atoms with E-state index in [0.717, 1.165) is 5.69 Å². The van der Waals surface area contributed by atoms with Crippen molar-refractivity contribution in [3.63, 3.8) is 0 Å². The number of benzene rings is 1. The number of carbonyl (C=O) groups excluding carboxylic acids is 1. The summed E-state index contributed by atoms with van der Waals surface area (Å²) in [5, 5.41) is 2.82. The lowest BCUT2D eigenvalue weighted by atomic mass is 10.1. The highest BCUT2D eigenvalue weighted by Crippen LogP contribution is 2.13. The van der Waals surface area contributed by atoms with Gasteiger partial charge in [-0.2, -0.15) is 0 Å². The Morgan fingerprint density at radius 1 is 1.50 bits per heavy atom. The number of nitrogens with zero attached hydrogens (tertiary/aromatic N) is 1. The zero-order valence-electron chi connectivity index (χ0n) is 10.9. The van der Waals surface area contributed by atoms with Crippen molar-refractivity contribution >= 4 is 28.8 Å². The number of rotatable bonds is 5. The monoisotopic (exact) mass is 265 g/mol. The molecule has 1 atom stereocenters. The first-order valence-corrected chi connectivity index (χ1v) is 6.24. The Kier molecular flexibility index (Phi) is 5.09. The van der Waals surface area contributed by atoms with E-state index in [-0.39, 0.29) is 11.9 Å². The van der Waals surface area contributed by atoms with Crippen LogP contribution < -0.4 is 16.0 Å². The van der Waals surface area contributed by atoms with Crippen molar-refractivity contribution in [1.29, 1.82) is 0 Å². The van der Waals surface area contributed by atoms with Gasteiger partial charge in [0, 0.05) is 25.3 Å². The van der Waals surface area contributed by atoms with Gasteiger partial charge in [0.05, 0.1) is 11.0 Å². The number of nitrogens with one attached hydrogen (secondary N) is 1. The van der Waals surface area contributed by atoms with Crippen LogP contribution in [-0.4, -0.2) is 31.0 Å². The molecule has 0 aliphatic carbocycles. The van der Waals surface area contributed by atoms with Gasteiger partial charge in [0.1, 0.15) is 0 Å². The number of nitrogens with two attached hydrogens (primary N) is 1. The van der Waals surface area contributed by atoms with E-state index in [9.17, 15) is 4.79 Å². The number of amides is 1. The average Bonchev–Trinajstić information content (AvgIpc) is 2.35. The highest BCUT2D eigenvalue weighted by molar-refractivity contribution is 7.80. The second-order valence-corrected chi connectivity index (χ2v) is 4.75. The summed E-state index contributed by atoms with van der Waals surface area (Å²) in [6.45, 7) is 1.93. The maximum absolute atomic E-state index is 12.0. The van der Waals surface area contributed by atoms with Crippen LogP contribution in [0.5, 0.6) is 0 Å². The predicted octanol–water partition coefficient (Wildman–Crippen LogP) is 1.55. The van der Waals surface area contributed by atoms with Gasteiger partial charge in [-0.3, -0.25) is 4.79 Å². The van der Waals surface area contributed by atoms with E-state index in [1.165, 1.54) is 0 Å². The molecular weight excluding hydrogens is 246 g/mol. The summed E-state index contributed by atoms with van der Waals surface area (Å²) in [4.78, 5) is 14.3. The molecule has 0 saturated heterocycles. The summed E-state index contributed by atoms with van der Waals surface area (Å²) >= 11 is 4.91. The molecule has 0 aliphatic rings. The molecule has 1 amide bonds. The van der Waals surface area contributed by atoms with Crippen LogP contribution in [0.3, 0.4) is 0 Å². The number of carbonyl (C=O) groups is 1. The minimum atomic E-state index is -0.254. The van der Waals surface area contributed by atoms with Crippen molar-refractivity contribution in [3.8, 4) is 0 Å². The third-order valence-corrected chi connectivity index (χ3v) is 2.97. The topological polar surface area (TPSA) is 58.4 Å². The molecule has 5 heteroatoms. The second kappa shape index (κ2) is 6.35. The van der Waals surface area contributed by atoms with E-state index in [1.54, 1.807) is 6.07 Å². The Bertz CT molecular complexity index is 446. The van der Waals surface area contributed by atoms with Gasteiger partial charge in [0.15, 0.2) is 0 Å². The molecule has 18 heavy (non-hydrogen) atoms. The van der Waals surface area contributed by atoms with Crippen LogP contribution in [-0.2, 0) is 0 Å². The fourth-order valence-electron chi connectivity index (χ4n) is 1.54. The summed E-state index contributed by atoms with van der Waals surface area (Å²) in [5.74, 6) is -0.154. The fourth-order valence-corrected chi connectivity index (χ4v) is 1.77. The van der Waals surface area contributed by atoms with E-state index >= 15 is 0 Å². The van der Waals surface area contributed by atoms with Gasteiger partial charge < -0.3 is 16.0 Å². The smallest absolute Gasteiger partial charge is 0.251 e. The first kappa shape index (κ1) is 14.4. The molecule has 0 aliphatic heterocycles. The number of anilines is 1. The van der Waals surface area contributed by atoms with E-state index in [1.807, 2.05) is 44.1 Å². The summed E-state index contributed by atoms with van der Waals surface area (Å²) in [6.07, 6.45) is 0.689. The van der Waals surface area contributed by atoms with Gasteiger partial charge in [0.2, 0.25) is 0 Å². The van der Waals surface area contributed by atoms with Crippen molar-refractivity contribution in [1.82, 2.24) is 5.32 Å². The van der Waals surface area contributed by atoms with E-state index < -0.39 is 0 Å². The predicted molar refractivity (Wildman–Crippen MR) is 79.1 cm³/mol. The maximum Gasteiger partial charge on any atom is 0.251 e. The third-order valence-electron chi connectivity index (χ3n) is 2.68. The Labute approximate surface area is 113 Å². The summed E-state index contributed by atoms with van der Waals surface area (Å²) < 4.78 is 0. The molecule has 1 rings (SSSR count). The number of thiocarbonyl (C=S) groups is 1. The molecule has 3 N–H and O–H groups in total. The van der Waals surface area contributed by atoms with Gasteiger partial charge in [-0.1, -0.05) is 25.2 Å². The molecule has 1 aromatic rings. The normalized spacial score (nSPS) is 11.7. The Morgan fingerprint density at radius 2 is 2.17 bits per heavy atom. The molecule has 0 saturated carbocycles. The van der Waals surface area contributed by atoms with Gasteiger partial charge in [-0.25, -0.2) is 0 Å². The largest absolute Gasteiger partial charge is 0.392 e. The fraction of sp³-hybridized carbons (Fsp3) is 0.385. The zero-order valence-corrected chi connectivity index (χ0v) is 11.8. The Morgan fingerprint density at radius 3 is 2.67 bits per heavy atom. The average molecular weight is 265 g/mol. The quantitative estimate of drug-likeness (QED) is 0.793. The number of hydrogen-bond acceptors (Lipinski definition) is 3. The standard InChI is InChI=1S/C13H19N3OS/c1-4-11(12(14)18)15-13(17)9-6-5-7-10(8-9)16(2)3/h5-8,11H,4H2,1-3H3,(H2,14,18)(H,15,17). The van der Waals surface area contributed by atoms with Crippen LogP contribution in [0.25, 0.3) is 0 Å². The lowest BCUT2D eigenvalue weighted by Crippen LogP contribution is -2.43. The van der Waals surface area contributed by atoms with E-state index in [4.69, 9.17) is 18.0 Å². The van der Waals surface area contributed by atoms with E-state index in [0.29, 0.717) is 17.0 Å². The van der Waals surface area contributed by atoms with Crippen LogP contribution in [0.2, 0.25) is 0 Å². The molecular formula is C13H19N3OS. The van der Waals surface area contributed by atoms with E-state index in [2.05, 4.69) is 5.32 Å². The molecule has 4 nitrogen and oxygen atoms in total. The summed E-state index contributed by atoms with van der Waals surface area (Å²) in [6, 6.07) is 7.15. The maximum atomic E-state index is 12.0. The summed E-state index contributed by atoms with van der Waals surface area (Å²) in [5.41, 5.74) is 7.15. The van der Waals surface area contributed by atoms with Crippen molar-refractivity contribution in [2.24, 2.45) is 5.73 Å². The van der Waals surface area contributed by atoms with Gasteiger partial charge >= 0.3 is 0 Å². The number of hydrogen-bond donors (Lipinski definition) is 2. The molecule has 0 radical (unpaired) electrons. The Balaban J connectivity index is 2.84. The van der Waals surface area contributed by atoms with Crippen molar-refractivity contribution in [2.75, 3.05) is 19.0 Å². The van der Waals surface area contributed by atoms with Crippen molar-refractivity contribution in [2.45, 2.75) is 19.4 Å². The van der Waals surface area contributed by atoms with Gasteiger partial charge in [-0.05, 0) is 24.6 Å². The zero-order chi connectivity index (χ0) is 13.7. The van der Waals surface area contributed by atoms with Crippen LogP contribution >= 0.6 is 12.2 Å². The van der Waals surface area contributed by atoms with Crippen LogP contribution in [0.15, 0.2) is 24.3 Å². The van der Waals surface area contributed by atoms with Gasteiger partial charge in [0.25, 0.3) is 5.91 Å². The Hall–Kier alpha value is -1.62. The van der Waals surface area contributed by atoms with Crippen molar-refractivity contribution in [3.05, 3.63) is 29.8 Å². The molecule has 0 fully saturated rings. The SMILES string of the molecule is CCC(NC(=O)c1cccc(N(C)C)c1)C(N)=S. The van der Waals surface area contributed by atoms with Gasteiger partial charge in [-0.15, -0.1) is 0 Å². The summed E-state index contributed by atoms with van der Waals surface area (Å²) in [7, 11) is 3.86.